The highest BCUT2D eigenvalue weighted by Gasteiger charge is 2.24. The van der Waals surface area contributed by atoms with Crippen molar-refractivity contribution in [3.8, 4) is 39.8 Å². The first-order valence-corrected chi connectivity index (χ1v) is 17.9. The van der Waals surface area contributed by atoms with Gasteiger partial charge in [-0.3, -0.25) is 4.57 Å². The molecular weight excluding hydrogens is 647 g/mol. The van der Waals surface area contributed by atoms with Gasteiger partial charge in [0, 0.05) is 55.6 Å². The number of rotatable bonds is 5. The minimum absolute atomic E-state index is 0.634. The van der Waals surface area contributed by atoms with Crippen molar-refractivity contribution < 1.29 is 0 Å². The monoisotopic (exact) mass is 677 g/mol. The molecule has 7 aromatic carbocycles. The van der Waals surface area contributed by atoms with Crippen LogP contribution in [0.25, 0.3) is 94.4 Å². The summed E-state index contributed by atoms with van der Waals surface area (Å²) in [6, 6.07) is 64.2. The molecule has 0 atom stereocenters. The van der Waals surface area contributed by atoms with Crippen LogP contribution in [0.3, 0.4) is 0 Å². The third-order valence-corrected chi connectivity index (χ3v) is 10.5. The highest BCUT2D eigenvalue weighted by molar-refractivity contribution is 6.28. The maximum atomic E-state index is 5.43. The lowest BCUT2D eigenvalue weighted by Gasteiger charge is -2.13. The molecule has 53 heavy (non-hydrogen) atoms. The quantitative estimate of drug-likeness (QED) is 0.182. The van der Waals surface area contributed by atoms with E-state index in [0.29, 0.717) is 5.95 Å². The normalized spacial score (nSPS) is 11.8. The lowest BCUT2D eigenvalue weighted by atomic mass is 10.1. The molecule has 248 valence electrons. The van der Waals surface area contributed by atoms with Crippen LogP contribution in [0.4, 0.5) is 0 Å². The Morgan fingerprint density at radius 2 is 0.906 bits per heavy atom. The van der Waals surface area contributed by atoms with Gasteiger partial charge in [0.15, 0.2) is 0 Å². The van der Waals surface area contributed by atoms with Crippen LogP contribution in [0, 0.1) is 0 Å². The SMILES string of the molecule is c1ccc(-c2cc(-c3ccccc3)nc(-n3c4c(ccc5c4ccn5-c4ccccc4)c4ccc5c(c6ccccc6n5-c5ccccc5)c43)n2)cc1. The van der Waals surface area contributed by atoms with E-state index < -0.39 is 0 Å². The second kappa shape index (κ2) is 11.7. The Morgan fingerprint density at radius 1 is 0.358 bits per heavy atom. The van der Waals surface area contributed by atoms with Crippen molar-refractivity contribution in [1.29, 1.82) is 0 Å². The summed E-state index contributed by atoms with van der Waals surface area (Å²) >= 11 is 0. The lowest BCUT2D eigenvalue weighted by molar-refractivity contribution is 1.00. The van der Waals surface area contributed by atoms with Crippen molar-refractivity contribution in [2.75, 3.05) is 0 Å². The molecule has 0 aliphatic rings. The minimum Gasteiger partial charge on any atom is -0.316 e. The van der Waals surface area contributed by atoms with Crippen LogP contribution >= 0.6 is 0 Å². The van der Waals surface area contributed by atoms with E-state index in [4.69, 9.17) is 9.97 Å². The Labute approximate surface area is 305 Å². The van der Waals surface area contributed by atoms with Gasteiger partial charge >= 0.3 is 0 Å². The highest BCUT2D eigenvalue weighted by atomic mass is 15.2. The Bertz CT molecular complexity index is 3080. The van der Waals surface area contributed by atoms with Gasteiger partial charge in [-0.25, -0.2) is 9.97 Å². The van der Waals surface area contributed by atoms with Crippen molar-refractivity contribution in [2.24, 2.45) is 0 Å². The van der Waals surface area contributed by atoms with Crippen LogP contribution in [-0.4, -0.2) is 23.7 Å². The fourth-order valence-corrected chi connectivity index (χ4v) is 8.18. The maximum absolute atomic E-state index is 5.43. The zero-order valence-electron chi connectivity index (χ0n) is 28.6. The molecule has 0 radical (unpaired) electrons. The molecule has 0 saturated heterocycles. The molecule has 5 heteroatoms. The van der Waals surface area contributed by atoms with Crippen molar-refractivity contribution >= 4 is 54.5 Å². The molecule has 4 aromatic heterocycles. The highest BCUT2D eigenvalue weighted by Crippen LogP contribution is 2.44. The molecule has 11 aromatic rings. The third kappa shape index (κ3) is 4.51. The summed E-state index contributed by atoms with van der Waals surface area (Å²) in [6.45, 7) is 0. The summed E-state index contributed by atoms with van der Waals surface area (Å²) in [5, 5.41) is 5.81. The number of aromatic nitrogens is 5. The van der Waals surface area contributed by atoms with Gasteiger partial charge in [-0.15, -0.1) is 0 Å². The van der Waals surface area contributed by atoms with E-state index >= 15 is 0 Å². The summed E-state index contributed by atoms with van der Waals surface area (Å²) in [4.78, 5) is 10.9. The van der Waals surface area contributed by atoms with E-state index in [1.54, 1.807) is 0 Å². The Morgan fingerprint density at radius 3 is 1.57 bits per heavy atom. The van der Waals surface area contributed by atoms with E-state index in [1.807, 2.05) is 12.1 Å². The molecule has 5 nitrogen and oxygen atoms in total. The summed E-state index contributed by atoms with van der Waals surface area (Å²) < 4.78 is 6.99. The molecule has 0 aliphatic carbocycles. The zero-order valence-corrected chi connectivity index (χ0v) is 28.6. The molecule has 0 N–H and O–H groups in total. The van der Waals surface area contributed by atoms with Crippen molar-refractivity contribution in [3.05, 3.63) is 188 Å². The average Bonchev–Trinajstić information content (AvgIpc) is 3.92. The molecule has 4 heterocycles. The molecule has 0 fully saturated rings. The summed E-state index contributed by atoms with van der Waals surface area (Å²) in [5.41, 5.74) is 11.7. The van der Waals surface area contributed by atoms with E-state index in [9.17, 15) is 0 Å². The Kier molecular flexibility index (Phi) is 6.48. The second-order valence-electron chi connectivity index (χ2n) is 13.5. The Hall–Kier alpha value is -7.24. The van der Waals surface area contributed by atoms with E-state index in [-0.39, 0.29) is 0 Å². The topological polar surface area (TPSA) is 40.6 Å². The van der Waals surface area contributed by atoms with E-state index in [2.05, 4.69) is 190 Å². The zero-order chi connectivity index (χ0) is 34.9. The number of benzene rings is 7. The van der Waals surface area contributed by atoms with Crippen LogP contribution in [-0.2, 0) is 0 Å². The second-order valence-corrected chi connectivity index (χ2v) is 13.5. The van der Waals surface area contributed by atoms with Gasteiger partial charge in [0.1, 0.15) is 0 Å². The number of nitrogens with zero attached hydrogens (tertiary/aromatic N) is 5. The van der Waals surface area contributed by atoms with E-state index in [0.717, 1.165) is 77.6 Å². The molecule has 0 unspecified atom stereocenters. The molecule has 0 saturated carbocycles. The summed E-state index contributed by atoms with van der Waals surface area (Å²) in [7, 11) is 0. The minimum atomic E-state index is 0.634. The van der Waals surface area contributed by atoms with Crippen LogP contribution in [0.15, 0.2) is 188 Å². The van der Waals surface area contributed by atoms with Crippen LogP contribution in [0.2, 0.25) is 0 Å². The predicted octanol–water partition coefficient (Wildman–Crippen LogP) is 11.9. The van der Waals surface area contributed by atoms with Crippen LogP contribution in [0.5, 0.6) is 0 Å². The fourth-order valence-electron chi connectivity index (χ4n) is 8.18. The average molecular weight is 678 g/mol. The van der Waals surface area contributed by atoms with Crippen molar-refractivity contribution in [3.63, 3.8) is 0 Å². The number of para-hydroxylation sites is 3. The number of hydrogen-bond donors (Lipinski definition) is 0. The first-order valence-electron chi connectivity index (χ1n) is 17.9. The first kappa shape index (κ1) is 29.5. The third-order valence-electron chi connectivity index (χ3n) is 10.5. The summed E-state index contributed by atoms with van der Waals surface area (Å²) in [6.07, 6.45) is 2.18. The van der Waals surface area contributed by atoms with E-state index in [1.165, 1.54) is 10.8 Å². The maximum Gasteiger partial charge on any atom is 0.235 e. The van der Waals surface area contributed by atoms with Gasteiger partial charge in [0.2, 0.25) is 5.95 Å². The van der Waals surface area contributed by atoms with Gasteiger partial charge in [-0.05, 0) is 54.6 Å². The van der Waals surface area contributed by atoms with Gasteiger partial charge in [-0.2, -0.15) is 0 Å². The molecule has 0 amide bonds. The first-order chi connectivity index (χ1) is 26.3. The standard InChI is InChI=1S/C48H31N5/c1-5-15-32(16-6-1)40-31-41(33-17-7-2-8-18-33)50-48(49-40)53-46-36(25-27-42-39(46)29-30-51(42)34-19-9-3-10-20-34)37-26-28-44-45(47(37)53)38-23-13-14-24-43(38)52(44)35-21-11-4-12-22-35/h1-31H. The largest absolute Gasteiger partial charge is 0.316 e. The smallest absolute Gasteiger partial charge is 0.235 e. The van der Waals surface area contributed by atoms with Crippen LogP contribution in [0.1, 0.15) is 0 Å². The number of fused-ring (bicyclic) bond motifs is 9. The van der Waals surface area contributed by atoms with Gasteiger partial charge in [0.05, 0.1) is 39.0 Å². The summed E-state index contributed by atoms with van der Waals surface area (Å²) in [5.74, 6) is 0.634. The van der Waals surface area contributed by atoms with Gasteiger partial charge in [-0.1, -0.05) is 127 Å². The molecule has 0 spiro atoms. The lowest BCUT2D eigenvalue weighted by Crippen LogP contribution is -2.04. The van der Waals surface area contributed by atoms with Crippen molar-refractivity contribution in [1.82, 2.24) is 23.7 Å². The van der Waals surface area contributed by atoms with Gasteiger partial charge in [0.25, 0.3) is 0 Å². The van der Waals surface area contributed by atoms with Crippen LogP contribution < -0.4 is 0 Å². The Balaban J connectivity index is 1.34. The molecule has 11 rings (SSSR count). The molecular formula is C48H31N5. The predicted molar refractivity (Wildman–Crippen MR) is 218 cm³/mol. The fraction of sp³-hybridized carbons (Fsp3) is 0. The van der Waals surface area contributed by atoms with Gasteiger partial charge < -0.3 is 9.13 Å². The molecule has 0 aliphatic heterocycles. The van der Waals surface area contributed by atoms with Crippen molar-refractivity contribution in [2.45, 2.75) is 0 Å². The number of hydrogen-bond acceptors (Lipinski definition) is 2. The molecule has 0 bridgehead atoms.